The van der Waals surface area contributed by atoms with Crippen molar-refractivity contribution in [1.29, 1.82) is 5.26 Å². The van der Waals surface area contributed by atoms with E-state index >= 15 is 0 Å². The topological polar surface area (TPSA) is 63.7 Å². The van der Waals surface area contributed by atoms with Crippen LogP contribution < -0.4 is 0 Å². The predicted molar refractivity (Wildman–Crippen MR) is 53.8 cm³/mol. The molecule has 0 bridgehead atoms. The van der Waals surface area contributed by atoms with Crippen molar-refractivity contribution in [2.75, 3.05) is 0 Å². The Balaban J connectivity index is 2.79. The standard InChI is InChI=1S/C8H14N4OSi/c1-12-6-7(10-11-12)8(5-9)13-14(2,3)4/h6,8H,1-4H3. The van der Waals surface area contributed by atoms with Gasteiger partial charge < -0.3 is 4.43 Å². The molecule has 1 heterocycles. The Morgan fingerprint density at radius 1 is 1.57 bits per heavy atom. The zero-order valence-corrected chi connectivity index (χ0v) is 9.85. The summed E-state index contributed by atoms with van der Waals surface area (Å²) in [6.07, 6.45) is 1.11. The maximum absolute atomic E-state index is 8.92. The summed E-state index contributed by atoms with van der Waals surface area (Å²) in [6, 6.07) is 2.08. The highest BCUT2D eigenvalue weighted by Crippen LogP contribution is 2.18. The van der Waals surface area contributed by atoms with Gasteiger partial charge in [0.05, 0.1) is 6.20 Å². The van der Waals surface area contributed by atoms with E-state index in [4.69, 9.17) is 9.69 Å². The summed E-state index contributed by atoms with van der Waals surface area (Å²) in [7, 11) is 0.0490. The predicted octanol–water partition coefficient (Wildman–Crippen LogP) is 1.23. The van der Waals surface area contributed by atoms with E-state index < -0.39 is 14.4 Å². The minimum atomic E-state index is -1.71. The highest BCUT2D eigenvalue weighted by atomic mass is 28.4. The Kier molecular flexibility index (Phi) is 3.03. The van der Waals surface area contributed by atoms with Gasteiger partial charge in [-0.3, -0.25) is 4.68 Å². The van der Waals surface area contributed by atoms with Gasteiger partial charge in [-0.25, -0.2) is 0 Å². The Morgan fingerprint density at radius 2 is 2.21 bits per heavy atom. The second-order valence-electron chi connectivity index (χ2n) is 4.06. The summed E-state index contributed by atoms with van der Waals surface area (Å²) in [5.41, 5.74) is 0.581. The maximum Gasteiger partial charge on any atom is 0.186 e. The van der Waals surface area contributed by atoms with Gasteiger partial charge in [0.15, 0.2) is 14.4 Å². The zero-order chi connectivity index (χ0) is 10.8. The largest absolute Gasteiger partial charge is 0.398 e. The van der Waals surface area contributed by atoms with Gasteiger partial charge >= 0.3 is 0 Å². The third kappa shape index (κ3) is 2.94. The molecule has 0 radical (unpaired) electrons. The third-order valence-corrected chi connectivity index (χ3v) is 2.42. The van der Waals surface area contributed by atoms with Crippen molar-refractivity contribution >= 4 is 8.32 Å². The van der Waals surface area contributed by atoms with Gasteiger partial charge in [-0.1, -0.05) is 5.21 Å². The summed E-state index contributed by atoms with van der Waals surface area (Å²) in [5, 5.41) is 16.5. The number of hydrogen-bond donors (Lipinski definition) is 0. The van der Waals surface area contributed by atoms with E-state index in [1.807, 2.05) is 19.6 Å². The van der Waals surface area contributed by atoms with E-state index in [1.165, 1.54) is 0 Å². The fourth-order valence-corrected chi connectivity index (χ4v) is 1.87. The van der Waals surface area contributed by atoms with Crippen LogP contribution in [0.25, 0.3) is 0 Å². The molecule has 1 aromatic heterocycles. The molecule has 0 aliphatic heterocycles. The molecule has 6 heteroatoms. The average Bonchev–Trinajstić information content (AvgIpc) is 2.46. The van der Waals surface area contributed by atoms with Crippen molar-refractivity contribution in [2.24, 2.45) is 7.05 Å². The first-order valence-corrected chi connectivity index (χ1v) is 7.77. The molecule has 14 heavy (non-hydrogen) atoms. The van der Waals surface area contributed by atoms with Crippen LogP contribution in [0, 0.1) is 11.3 Å². The van der Waals surface area contributed by atoms with E-state index in [9.17, 15) is 0 Å². The van der Waals surface area contributed by atoms with E-state index in [0.717, 1.165) is 0 Å². The highest BCUT2D eigenvalue weighted by molar-refractivity contribution is 6.69. The van der Waals surface area contributed by atoms with Crippen molar-refractivity contribution in [3.63, 3.8) is 0 Å². The molecular weight excluding hydrogens is 196 g/mol. The van der Waals surface area contributed by atoms with Crippen molar-refractivity contribution in [3.8, 4) is 6.07 Å². The number of nitrogens with zero attached hydrogens (tertiary/aromatic N) is 4. The van der Waals surface area contributed by atoms with Gasteiger partial charge in [0, 0.05) is 7.05 Å². The Hall–Kier alpha value is -1.19. The molecule has 0 saturated heterocycles. The van der Waals surface area contributed by atoms with E-state index in [2.05, 4.69) is 16.4 Å². The van der Waals surface area contributed by atoms with Gasteiger partial charge in [0.1, 0.15) is 11.8 Å². The quantitative estimate of drug-likeness (QED) is 0.704. The van der Waals surface area contributed by atoms with Crippen molar-refractivity contribution < 1.29 is 4.43 Å². The monoisotopic (exact) mass is 210 g/mol. The van der Waals surface area contributed by atoms with Crippen LogP contribution in [0.3, 0.4) is 0 Å². The number of nitriles is 1. The molecule has 1 unspecified atom stereocenters. The minimum Gasteiger partial charge on any atom is -0.398 e. The van der Waals surface area contributed by atoms with Gasteiger partial charge in [0.2, 0.25) is 0 Å². The molecule has 1 aromatic rings. The molecule has 0 amide bonds. The van der Waals surface area contributed by atoms with Crippen LogP contribution in [0.4, 0.5) is 0 Å². The first-order chi connectivity index (χ1) is 6.42. The molecule has 1 rings (SSSR count). The van der Waals surface area contributed by atoms with Crippen LogP contribution in [0.5, 0.6) is 0 Å². The van der Waals surface area contributed by atoms with Crippen molar-refractivity contribution in [1.82, 2.24) is 15.0 Å². The molecule has 1 atom stereocenters. The smallest absolute Gasteiger partial charge is 0.186 e. The first kappa shape index (κ1) is 10.9. The van der Waals surface area contributed by atoms with Crippen molar-refractivity contribution in [3.05, 3.63) is 11.9 Å². The Bertz CT molecular complexity index is 349. The molecule has 76 valence electrons. The molecule has 0 aromatic carbocycles. The summed E-state index contributed by atoms with van der Waals surface area (Å²) in [5.74, 6) is 0. The number of rotatable bonds is 3. The Morgan fingerprint density at radius 3 is 2.57 bits per heavy atom. The maximum atomic E-state index is 8.92. The van der Waals surface area contributed by atoms with Crippen LogP contribution in [0.1, 0.15) is 11.8 Å². The normalized spacial score (nSPS) is 13.6. The molecule has 0 aliphatic rings. The van der Waals surface area contributed by atoms with Gasteiger partial charge in [-0.05, 0) is 19.6 Å². The van der Waals surface area contributed by atoms with E-state index in [0.29, 0.717) is 5.69 Å². The van der Waals surface area contributed by atoms with Crippen LogP contribution in [-0.4, -0.2) is 23.3 Å². The van der Waals surface area contributed by atoms with E-state index in [-0.39, 0.29) is 0 Å². The molecule has 5 nitrogen and oxygen atoms in total. The number of hydrogen-bond acceptors (Lipinski definition) is 4. The minimum absolute atomic E-state index is 0.581. The first-order valence-electron chi connectivity index (χ1n) is 4.36. The lowest BCUT2D eigenvalue weighted by Crippen LogP contribution is -2.27. The molecule has 0 spiro atoms. The summed E-state index contributed by atoms with van der Waals surface area (Å²) in [6.45, 7) is 6.11. The fourth-order valence-electron chi connectivity index (χ4n) is 0.992. The molecule has 0 saturated carbocycles. The van der Waals surface area contributed by atoms with Gasteiger partial charge in [0.25, 0.3) is 0 Å². The molecule has 0 aliphatic carbocycles. The second-order valence-corrected chi connectivity index (χ2v) is 8.52. The third-order valence-electron chi connectivity index (χ3n) is 1.48. The fraction of sp³-hybridized carbons (Fsp3) is 0.625. The summed E-state index contributed by atoms with van der Waals surface area (Å²) >= 11 is 0. The lowest BCUT2D eigenvalue weighted by molar-refractivity contribution is 0.250. The lowest BCUT2D eigenvalue weighted by Gasteiger charge is -2.19. The van der Waals surface area contributed by atoms with Crippen LogP contribution >= 0.6 is 0 Å². The average molecular weight is 210 g/mol. The molecule has 0 fully saturated rings. The number of aryl methyl sites for hydroxylation is 1. The van der Waals surface area contributed by atoms with Gasteiger partial charge in [-0.15, -0.1) is 5.10 Å². The molecule has 0 N–H and O–H groups in total. The summed E-state index contributed by atoms with van der Waals surface area (Å²) < 4.78 is 7.21. The second kappa shape index (κ2) is 3.90. The van der Waals surface area contributed by atoms with Gasteiger partial charge in [-0.2, -0.15) is 5.26 Å². The highest BCUT2D eigenvalue weighted by Gasteiger charge is 2.24. The van der Waals surface area contributed by atoms with Crippen molar-refractivity contribution in [2.45, 2.75) is 25.7 Å². The zero-order valence-electron chi connectivity index (χ0n) is 8.85. The Labute approximate surface area is 84.4 Å². The molecular formula is C8H14N4OSi. The number of aromatic nitrogens is 3. The SMILES string of the molecule is Cn1cc(C(C#N)O[Si](C)(C)C)nn1. The van der Waals surface area contributed by atoms with E-state index in [1.54, 1.807) is 17.9 Å². The van der Waals surface area contributed by atoms with Crippen LogP contribution in [0.15, 0.2) is 6.20 Å². The van der Waals surface area contributed by atoms with Crippen LogP contribution in [-0.2, 0) is 11.5 Å². The summed E-state index contributed by atoms with van der Waals surface area (Å²) in [4.78, 5) is 0. The van der Waals surface area contributed by atoms with Crippen LogP contribution in [0.2, 0.25) is 19.6 Å². The lowest BCUT2D eigenvalue weighted by atomic mass is 10.3.